The van der Waals surface area contributed by atoms with Gasteiger partial charge in [0.2, 0.25) is 5.75 Å². The van der Waals surface area contributed by atoms with Crippen molar-refractivity contribution in [3.8, 4) is 11.5 Å². The molecule has 0 radical (unpaired) electrons. The molecule has 0 aliphatic heterocycles. The van der Waals surface area contributed by atoms with Gasteiger partial charge in [0.1, 0.15) is 0 Å². The highest BCUT2D eigenvalue weighted by Gasteiger charge is 2.14. The normalized spacial score (nSPS) is 10.6. The molecule has 20 heavy (non-hydrogen) atoms. The van der Waals surface area contributed by atoms with E-state index in [0.717, 1.165) is 29.4 Å². The fourth-order valence-electron chi connectivity index (χ4n) is 2.06. The standard InChI is InChI=1S/C15H20N2O3/c1-4-5-8-20-14-13(19-3)11-7-6-10(16-2)9-12(11)17-15(14)18/h6-7,9,16H,4-5,8H2,1-3H3,(H,17,18). The Hall–Kier alpha value is -2.17. The van der Waals surface area contributed by atoms with E-state index < -0.39 is 0 Å². The quantitative estimate of drug-likeness (QED) is 0.796. The molecule has 2 aromatic rings. The lowest BCUT2D eigenvalue weighted by Gasteiger charge is -2.12. The van der Waals surface area contributed by atoms with Gasteiger partial charge in [0.15, 0.2) is 5.75 Å². The summed E-state index contributed by atoms with van der Waals surface area (Å²) in [6.45, 7) is 2.58. The van der Waals surface area contributed by atoms with Gasteiger partial charge in [0.05, 0.1) is 19.2 Å². The van der Waals surface area contributed by atoms with E-state index in [1.165, 1.54) is 0 Å². The molecule has 1 heterocycles. The van der Waals surface area contributed by atoms with Crippen LogP contribution in [0.2, 0.25) is 0 Å². The first-order chi connectivity index (χ1) is 9.71. The second-order valence-electron chi connectivity index (χ2n) is 4.53. The molecular weight excluding hydrogens is 256 g/mol. The molecule has 0 saturated heterocycles. The number of unbranched alkanes of at least 4 members (excludes halogenated alkanes) is 1. The highest BCUT2D eigenvalue weighted by molar-refractivity contribution is 5.89. The van der Waals surface area contributed by atoms with Crippen molar-refractivity contribution in [2.45, 2.75) is 19.8 Å². The number of H-pyrrole nitrogens is 1. The van der Waals surface area contributed by atoms with Gasteiger partial charge in [-0.1, -0.05) is 13.3 Å². The van der Waals surface area contributed by atoms with Crippen LogP contribution in [0.1, 0.15) is 19.8 Å². The van der Waals surface area contributed by atoms with Gasteiger partial charge in [-0.15, -0.1) is 0 Å². The summed E-state index contributed by atoms with van der Waals surface area (Å²) in [4.78, 5) is 15.0. The van der Waals surface area contributed by atoms with Crippen LogP contribution in [0.25, 0.3) is 10.9 Å². The first-order valence-corrected chi connectivity index (χ1v) is 6.75. The van der Waals surface area contributed by atoms with Crippen molar-refractivity contribution in [2.24, 2.45) is 0 Å². The van der Waals surface area contributed by atoms with Crippen LogP contribution in [0.5, 0.6) is 11.5 Å². The molecule has 0 aliphatic rings. The Bertz CT molecular complexity index is 649. The molecular formula is C15H20N2O3. The van der Waals surface area contributed by atoms with E-state index in [1.54, 1.807) is 7.11 Å². The van der Waals surface area contributed by atoms with Crippen molar-refractivity contribution < 1.29 is 9.47 Å². The number of nitrogens with one attached hydrogen (secondary N) is 2. The van der Waals surface area contributed by atoms with E-state index in [0.29, 0.717) is 12.4 Å². The van der Waals surface area contributed by atoms with Crippen LogP contribution in [0, 0.1) is 0 Å². The number of methoxy groups -OCH3 is 1. The number of fused-ring (bicyclic) bond motifs is 1. The maximum Gasteiger partial charge on any atom is 0.294 e. The third-order valence-corrected chi connectivity index (χ3v) is 3.16. The van der Waals surface area contributed by atoms with Crippen molar-refractivity contribution in [3.05, 3.63) is 28.6 Å². The van der Waals surface area contributed by atoms with Crippen LogP contribution in [0.3, 0.4) is 0 Å². The maximum atomic E-state index is 12.1. The van der Waals surface area contributed by atoms with Gasteiger partial charge in [-0.25, -0.2) is 0 Å². The lowest BCUT2D eigenvalue weighted by atomic mass is 10.1. The molecule has 108 valence electrons. The van der Waals surface area contributed by atoms with Gasteiger partial charge in [0.25, 0.3) is 5.56 Å². The lowest BCUT2D eigenvalue weighted by Crippen LogP contribution is -2.14. The molecule has 5 heteroatoms. The molecule has 2 N–H and O–H groups in total. The Kier molecular flexibility index (Phi) is 4.50. The average Bonchev–Trinajstić information content (AvgIpc) is 2.47. The minimum Gasteiger partial charge on any atom is -0.492 e. The molecule has 0 atom stereocenters. The highest BCUT2D eigenvalue weighted by Crippen LogP contribution is 2.32. The van der Waals surface area contributed by atoms with Crippen LogP contribution in [0.4, 0.5) is 5.69 Å². The minimum absolute atomic E-state index is 0.255. The van der Waals surface area contributed by atoms with Gasteiger partial charge >= 0.3 is 0 Å². The highest BCUT2D eigenvalue weighted by atomic mass is 16.5. The number of ether oxygens (including phenoxy) is 2. The Morgan fingerprint density at radius 2 is 2.10 bits per heavy atom. The Labute approximate surface area is 117 Å². The summed E-state index contributed by atoms with van der Waals surface area (Å²) in [6, 6.07) is 5.71. The van der Waals surface area contributed by atoms with Gasteiger partial charge in [0, 0.05) is 18.1 Å². The first kappa shape index (κ1) is 14.2. The van der Waals surface area contributed by atoms with Crippen LogP contribution >= 0.6 is 0 Å². The minimum atomic E-state index is -0.265. The monoisotopic (exact) mass is 276 g/mol. The number of hydrogen-bond acceptors (Lipinski definition) is 4. The molecule has 0 spiro atoms. The Morgan fingerprint density at radius 1 is 1.30 bits per heavy atom. The number of aromatic nitrogens is 1. The topological polar surface area (TPSA) is 63.4 Å². The van der Waals surface area contributed by atoms with Gasteiger partial charge in [-0.05, 0) is 24.6 Å². The van der Waals surface area contributed by atoms with Gasteiger partial charge in [-0.3, -0.25) is 4.79 Å². The first-order valence-electron chi connectivity index (χ1n) is 6.75. The van der Waals surface area contributed by atoms with Crippen molar-refractivity contribution in [2.75, 3.05) is 26.1 Å². The maximum absolute atomic E-state index is 12.1. The number of rotatable bonds is 6. The van der Waals surface area contributed by atoms with Crippen molar-refractivity contribution in [1.29, 1.82) is 0 Å². The van der Waals surface area contributed by atoms with Gasteiger partial charge in [-0.2, -0.15) is 0 Å². The van der Waals surface area contributed by atoms with E-state index in [1.807, 2.05) is 25.2 Å². The molecule has 5 nitrogen and oxygen atoms in total. The molecule has 1 aromatic heterocycles. The summed E-state index contributed by atoms with van der Waals surface area (Å²) in [5.41, 5.74) is 1.38. The summed E-state index contributed by atoms with van der Waals surface area (Å²) in [7, 11) is 3.38. The molecule has 1 aromatic carbocycles. The summed E-state index contributed by atoms with van der Waals surface area (Å²) in [5, 5.41) is 3.87. The molecule has 0 aliphatic carbocycles. The SMILES string of the molecule is CCCCOc1c(OC)c2ccc(NC)cc2[nH]c1=O. The molecule has 0 amide bonds. The van der Waals surface area contributed by atoms with Crippen molar-refractivity contribution in [1.82, 2.24) is 4.98 Å². The summed E-state index contributed by atoms with van der Waals surface area (Å²) < 4.78 is 11.0. The van der Waals surface area contributed by atoms with E-state index in [4.69, 9.17) is 9.47 Å². The zero-order chi connectivity index (χ0) is 14.5. The molecule has 2 rings (SSSR count). The zero-order valence-corrected chi connectivity index (χ0v) is 12.1. The number of anilines is 1. The smallest absolute Gasteiger partial charge is 0.294 e. The summed E-state index contributed by atoms with van der Waals surface area (Å²) >= 11 is 0. The van der Waals surface area contributed by atoms with Crippen LogP contribution in [-0.2, 0) is 0 Å². The number of hydrogen-bond donors (Lipinski definition) is 2. The van der Waals surface area contributed by atoms with Gasteiger partial charge < -0.3 is 19.8 Å². The van der Waals surface area contributed by atoms with Crippen LogP contribution in [0.15, 0.2) is 23.0 Å². The lowest BCUT2D eigenvalue weighted by molar-refractivity contribution is 0.286. The fourth-order valence-corrected chi connectivity index (χ4v) is 2.06. The molecule has 0 saturated carbocycles. The molecule has 0 bridgehead atoms. The van der Waals surface area contributed by atoms with E-state index in [2.05, 4.69) is 17.2 Å². The number of pyridine rings is 1. The Morgan fingerprint density at radius 3 is 2.75 bits per heavy atom. The fraction of sp³-hybridized carbons (Fsp3) is 0.400. The van der Waals surface area contributed by atoms with E-state index in [9.17, 15) is 4.79 Å². The third-order valence-electron chi connectivity index (χ3n) is 3.16. The second-order valence-corrected chi connectivity index (χ2v) is 4.53. The van der Waals surface area contributed by atoms with Crippen molar-refractivity contribution in [3.63, 3.8) is 0 Å². The van der Waals surface area contributed by atoms with E-state index >= 15 is 0 Å². The predicted octanol–water partition coefficient (Wildman–Crippen LogP) is 2.76. The van der Waals surface area contributed by atoms with Crippen LogP contribution < -0.4 is 20.3 Å². The predicted molar refractivity (Wildman–Crippen MR) is 81.1 cm³/mol. The summed E-state index contributed by atoms with van der Waals surface area (Å²) in [5.74, 6) is 0.744. The van der Waals surface area contributed by atoms with E-state index in [-0.39, 0.29) is 11.3 Å². The largest absolute Gasteiger partial charge is 0.492 e. The second kappa shape index (κ2) is 6.32. The number of benzene rings is 1. The third kappa shape index (κ3) is 2.71. The number of aromatic amines is 1. The van der Waals surface area contributed by atoms with Crippen molar-refractivity contribution >= 4 is 16.6 Å². The zero-order valence-electron chi connectivity index (χ0n) is 12.1. The summed E-state index contributed by atoms with van der Waals surface area (Å²) in [6.07, 6.45) is 1.92. The average molecular weight is 276 g/mol. The van der Waals surface area contributed by atoms with Crippen LogP contribution in [-0.4, -0.2) is 25.7 Å². The Balaban J connectivity index is 2.53. The molecule has 0 fully saturated rings. The molecule has 0 unspecified atom stereocenters.